The first-order valence-corrected chi connectivity index (χ1v) is 9.62. The maximum absolute atomic E-state index is 12.4. The monoisotopic (exact) mass is 364 g/mol. The highest BCUT2D eigenvalue weighted by Gasteiger charge is 2.34. The zero-order chi connectivity index (χ0) is 18.2. The van der Waals surface area contributed by atoms with Gasteiger partial charge in [-0.3, -0.25) is 4.31 Å². The highest BCUT2D eigenvalue weighted by Crippen LogP contribution is 2.30. The van der Waals surface area contributed by atoms with Crippen molar-refractivity contribution in [2.75, 3.05) is 36.0 Å². The summed E-state index contributed by atoms with van der Waals surface area (Å²) < 4.78 is 29.6. The molecule has 1 aliphatic rings. The highest BCUT2D eigenvalue weighted by atomic mass is 32.2. The number of anilines is 2. The number of carbonyl (C=O) groups is 1. The van der Waals surface area contributed by atoms with Gasteiger partial charge < -0.3 is 14.7 Å². The predicted octanol–water partition coefficient (Wildman–Crippen LogP) is 2.01. The Morgan fingerprint density at radius 1 is 1.36 bits per heavy atom. The van der Waals surface area contributed by atoms with Gasteiger partial charge >= 0.3 is 6.03 Å². The second-order valence-corrected chi connectivity index (χ2v) is 8.18. The van der Waals surface area contributed by atoms with E-state index >= 15 is 0 Å². The van der Waals surface area contributed by atoms with Crippen LogP contribution in [0.4, 0.5) is 16.2 Å². The van der Waals surface area contributed by atoms with E-state index in [-0.39, 0.29) is 11.9 Å². The van der Waals surface area contributed by atoms with E-state index in [2.05, 4.69) is 10.5 Å². The van der Waals surface area contributed by atoms with Crippen LogP contribution in [0, 0.1) is 6.92 Å². The lowest BCUT2D eigenvalue weighted by Gasteiger charge is -2.38. The molecule has 2 aromatic rings. The molecule has 0 aliphatic carbocycles. The van der Waals surface area contributed by atoms with Gasteiger partial charge in [-0.1, -0.05) is 17.3 Å². The number of likely N-dealkylation sites (tertiary alicyclic amines) is 1. The van der Waals surface area contributed by atoms with Gasteiger partial charge in [0.25, 0.3) is 0 Å². The first kappa shape index (κ1) is 17.3. The average Bonchev–Trinajstić information content (AvgIpc) is 2.91. The normalized spacial score (nSPS) is 14.9. The fourth-order valence-corrected chi connectivity index (χ4v) is 3.25. The van der Waals surface area contributed by atoms with Gasteiger partial charge in [0, 0.05) is 31.6 Å². The van der Waals surface area contributed by atoms with Crippen LogP contribution in [0.25, 0.3) is 0 Å². The molecule has 134 valence electrons. The van der Waals surface area contributed by atoms with E-state index in [4.69, 9.17) is 4.52 Å². The van der Waals surface area contributed by atoms with E-state index in [0.29, 0.717) is 24.5 Å². The van der Waals surface area contributed by atoms with Gasteiger partial charge in [-0.05, 0) is 19.1 Å². The maximum atomic E-state index is 12.4. The van der Waals surface area contributed by atoms with Crippen LogP contribution < -0.4 is 9.62 Å². The average molecular weight is 364 g/mol. The Balaban J connectivity index is 1.68. The highest BCUT2D eigenvalue weighted by molar-refractivity contribution is 7.92. The maximum Gasteiger partial charge on any atom is 0.321 e. The second-order valence-electron chi connectivity index (χ2n) is 6.16. The summed E-state index contributed by atoms with van der Waals surface area (Å²) in [5.41, 5.74) is 2.72. The van der Waals surface area contributed by atoms with Crippen molar-refractivity contribution in [1.29, 1.82) is 0 Å². The molecule has 8 nitrogen and oxygen atoms in total. The van der Waals surface area contributed by atoms with Crippen LogP contribution in [-0.4, -0.2) is 50.9 Å². The van der Waals surface area contributed by atoms with Crippen molar-refractivity contribution in [3.05, 3.63) is 41.8 Å². The number of carbonyl (C=O) groups excluding carboxylic acids is 1. The van der Waals surface area contributed by atoms with E-state index in [0.717, 1.165) is 21.8 Å². The summed E-state index contributed by atoms with van der Waals surface area (Å²) in [5.74, 6) is 0.165. The van der Waals surface area contributed by atoms with E-state index in [9.17, 15) is 13.2 Å². The fraction of sp³-hybridized carbons (Fsp3) is 0.375. The Morgan fingerprint density at radius 2 is 2.04 bits per heavy atom. The number of urea groups is 1. The molecule has 2 heterocycles. The Bertz CT molecular complexity index is 887. The summed E-state index contributed by atoms with van der Waals surface area (Å²) in [6.07, 6.45) is 2.71. The number of nitrogens with zero attached hydrogens (tertiary/aromatic N) is 3. The number of hydrogen-bond donors (Lipinski definition) is 1. The summed E-state index contributed by atoms with van der Waals surface area (Å²) >= 11 is 0. The van der Waals surface area contributed by atoms with Crippen LogP contribution in [-0.2, 0) is 10.0 Å². The van der Waals surface area contributed by atoms with E-state index in [1.54, 1.807) is 35.4 Å². The summed E-state index contributed by atoms with van der Waals surface area (Å²) in [6.45, 7) is 3.01. The first-order chi connectivity index (χ1) is 11.8. The third-order valence-electron chi connectivity index (χ3n) is 4.32. The number of para-hydroxylation sites is 2. The Hall–Kier alpha value is -2.55. The largest absolute Gasteiger partial charge is 0.364 e. The minimum Gasteiger partial charge on any atom is -0.364 e. The number of rotatable bonds is 4. The quantitative estimate of drug-likeness (QED) is 0.895. The first-order valence-electron chi connectivity index (χ1n) is 7.77. The third-order valence-corrected chi connectivity index (χ3v) is 5.51. The van der Waals surface area contributed by atoms with Crippen molar-refractivity contribution >= 4 is 27.4 Å². The molecule has 0 saturated carbocycles. The fourth-order valence-electron chi connectivity index (χ4n) is 2.74. The molecule has 0 atom stereocenters. The van der Waals surface area contributed by atoms with Crippen LogP contribution in [0.2, 0.25) is 0 Å². The Kier molecular flexibility index (Phi) is 4.42. The predicted molar refractivity (Wildman–Crippen MR) is 94.3 cm³/mol. The lowest BCUT2D eigenvalue weighted by molar-refractivity contribution is 0.160. The molecule has 1 aromatic heterocycles. The Morgan fingerprint density at radius 3 is 2.64 bits per heavy atom. The van der Waals surface area contributed by atoms with Crippen molar-refractivity contribution in [2.24, 2.45) is 0 Å². The minimum absolute atomic E-state index is 0.165. The van der Waals surface area contributed by atoms with E-state index in [1.165, 1.54) is 7.05 Å². The zero-order valence-electron chi connectivity index (χ0n) is 14.3. The van der Waals surface area contributed by atoms with Gasteiger partial charge in [-0.2, -0.15) is 0 Å². The van der Waals surface area contributed by atoms with Gasteiger partial charge in [-0.25, -0.2) is 13.2 Å². The zero-order valence-corrected chi connectivity index (χ0v) is 15.1. The molecule has 1 fully saturated rings. The van der Waals surface area contributed by atoms with Gasteiger partial charge in [0.05, 0.1) is 23.3 Å². The number of aromatic nitrogens is 1. The smallest absolute Gasteiger partial charge is 0.321 e. The number of aryl methyl sites for hydroxylation is 1. The molecule has 0 radical (unpaired) electrons. The summed E-state index contributed by atoms with van der Waals surface area (Å²) in [7, 11) is -1.97. The van der Waals surface area contributed by atoms with Gasteiger partial charge in [0.15, 0.2) is 0 Å². The third kappa shape index (κ3) is 3.46. The van der Waals surface area contributed by atoms with Crippen LogP contribution in [0.15, 0.2) is 35.1 Å². The molecular formula is C16H20N4O4S. The van der Waals surface area contributed by atoms with E-state index < -0.39 is 10.0 Å². The molecule has 1 N–H and O–H groups in total. The number of amides is 2. The van der Waals surface area contributed by atoms with Crippen LogP contribution in [0.3, 0.4) is 0 Å². The molecule has 1 aliphatic heterocycles. The number of hydrogen-bond acceptors (Lipinski definition) is 5. The molecule has 1 aromatic carbocycles. The topological polar surface area (TPSA) is 95.8 Å². The molecule has 1 saturated heterocycles. The van der Waals surface area contributed by atoms with Gasteiger partial charge in [0.1, 0.15) is 6.26 Å². The summed E-state index contributed by atoms with van der Waals surface area (Å²) in [4.78, 5) is 14.1. The lowest BCUT2D eigenvalue weighted by Crippen LogP contribution is -2.50. The van der Waals surface area contributed by atoms with Crippen molar-refractivity contribution < 1.29 is 17.7 Å². The molecule has 3 rings (SSSR count). The van der Waals surface area contributed by atoms with Crippen molar-refractivity contribution in [3.63, 3.8) is 0 Å². The molecular weight excluding hydrogens is 344 g/mol. The molecule has 0 unspecified atom stereocenters. The van der Waals surface area contributed by atoms with Crippen molar-refractivity contribution in [2.45, 2.75) is 12.8 Å². The van der Waals surface area contributed by atoms with Gasteiger partial charge in [0.2, 0.25) is 10.0 Å². The van der Waals surface area contributed by atoms with Crippen LogP contribution in [0.5, 0.6) is 0 Å². The standard InChI is InChI=1S/C16H20N4O4S/c1-11-10-24-18-15(11)12-8-20(9-12)16(21)17-13-6-4-5-7-14(13)19(2)25(3,22)23/h4-7,10,12H,8-9H2,1-3H3,(H,17,21). The van der Waals surface area contributed by atoms with Crippen LogP contribution in [0.1, 0.15) is 17.2 Å². The summed E-state index contributed by atoms with van der Waals surface area (Å²) in [6, 6.07) is 6.52. The molecule has 0 bridgehead atoms. The number of benzene rings is 1. The lowest BCUT2D eigenvalue weighted by atomic mass is 9.94. The number of nitrogens with one attached hydrogen (secondary N) is 1. The summed E-state index contributed by atoms with van der Waals surface area (Å²) in [5, 5.41) is 6.76. The molecule has 9 heteroatoms. The SMILES string of the molecule is Cc1conc1C1CN(C(=O)Nc2ccccc2N(C)S(C)(=O)=O)C1. The second kappa shape index (κ2) is 6.40. The van der Waals surface area contributed by atoms with Crippen LogP contribution >= 0.6 is 0 Å². The van der Waals surface area contributed by atoms with Crippen molar-refractivity contribution in [3.8, 4) is 0 Å². The molecule has 25 heavy (non-hydrogen) atoms. The molecule has 2 amide bonds. The number of sulfonamides is 1. The van der Waals surface area contributed by atoms with Crippen molar-refractivity contribution in [1.82, 2.24) is 10.1 Å². The van der Waals surface area contributed by atoms with Gasteiger partial charge in [-0.15, -0.1) is 0 Å². The molecule has 0 spiro atoms. The Labute approximate surface area is 146 Å². The van der Waals surface area contributed by atoms with E-state index in [1.807, 2.05) is 6.92 Å². The minimum atomic E-state index is -3.42.